The fourth-order valence-corrected chi connectivity index (χ4v) is 2.64. The molecular weight excluding hydrogens is 502 g/mol. The van der Waals surface area contributed by atoms with E-state index < -0.39 is 11.7 Å². The number of guanidine groups is 1. The van der Waals surface area contributed by atoms with Crippen LogP contribution in [-0.2, 0) is 15.7 Å². The molecule has 0 aromatic heterocycles. The summed E-state index contributed by atoms with van der Waals surface area (Å²) < 4.78 is 53.9. The first-order chi connectivity index (χ1) is 13.5. The quantitative estimate of drug-likeness (QED) is 0.210. The van der Waals surface area contributed by atoms with Gasteiger partial charge in [0.15, 0.2) is 5.96 Å². The van der Waals surface area contributed by atoms with E-state index in [2.05, 4.69) is 15.6 Å². The molecule has 1 aliphatic heterocycles. The highest BCUT2D eigenvalue weighted by molar-refractivity contribution is 14.0. The number of rotatable bonds is 10. The van der Waals surface area contributed by atoms with Gasteiger partial charge in [-0.05, 0) is 37.1 Å². The van der Waals surface area contributed by atoms with E-state index in [9.17, 15) is 13.2 Å². The highest BCUT2D eigenvalue weighted by Crippen LogP contribution is 2.30. The monoisotopic (exact) mass is 531 g/mol. The minimum atomic E-state index is -4.34. The number of aliphatic imine (C=N–C) groups is 1. The van der Waals surface area contributed by atoms with Gasteiger partial charge in [-0.3, -0.25) is 4.99 Å². The van der Waals surface area contributed by atoms with E-state index in [1.54, 1.807) is 7.05 Å². The van der Waals surface area contributed by atoms with Crippen molar-refractivity contribution >= 4 is 29.9 Å². The molecule has 1 saturated heterocycles. The summed E-state index contributed by atoms with van der Waals surface area (Å²) in [5.41, 5.74) is -0.692. The summed E-state index contributed by atoms with van der Waals surface area (Å²) in [5, 5.41) is 6.26. The van der Waals surface area contributed by atoms with Crippen molar-refractivity contribution in [2.45, 2.75) is 19.0 Å². The van der Waals surface area contributed by atoms with Crippen LogP contribution in [0.4, 0.5) is 13.2 Å². The van der Waals surface area contributed by atoms with Gasteiger partial charge < -0.3 is 24.8 Å². The van der Waals surface area contributed by atoms with E-state index in [-0.39, 0.29) is 24.0 Å². The van der Waals surface area contributed by atoms with Crippen LogP contribution < -0.4 is 15.4 Å². The Labute approximate surface area is 186 Å². The first-order valence-electron chi connectivity index (χ1n) is 9.39. The lowest BCUT2D eigenvalue weighted by atomic mass is 10.1. The summed E-state index contributed by atoms with van der Waals surface area (Å²) in [6, 6.07) is 4.64. The second kappa shape index (κ2) is 13.9. The molecule has 0 bridgehead atoms. The third kappa shape index (κ3) is 10.4. The Morgan fingerprint density at radius 1 is 1.17 bits per heavy atom. The van der Waals surface area contributed by atoms with Crippen LogP contribution in [0.2, 0.25) is 0 Å². The Morgan fingerprint density at radius 2 is 1.90 bits per heavy atom. The van der Waals surface area contributed by atoms with Crippen molar-refractivity contribution in [3.63, 3.8) is 0 Å². The summed E-state index contributed by atoms with van der Waals surface area (Å²) in [4.78, 5) is 4.11. The molecule has 29 heavy (non-hydrogen) atoms. The zero-order chi connectivity index (χ0) is 20.2. The lowest BCUT2D eigenvalue weighted by Crippen LogP contribution is -2.39. The molecule has 0 spiro atoms. The first kappa shape index (κ1) is 25.8. The number of hydrogen-bond donors (Lipinski definition) is 2. The molecule has 1 aromatic carbocycles. The lowest BCUT2D eigenvalue weighted by Gasteiger charge is -2.13. The largest absolute Gasteiger partial charge is 0.492 e. The summed E-state index contributed by atoms with van der Waals surface area (Å²) in [5.74, 6) is 1.55. The van der Waals surface area contributed by atoms with Gasteiger partial charge in [-0.2, -0.15) is 13.2 Å². The van der Waals surface area contributed by atoms with Crippen molar-refractivity contribution in [1.82, 2.24) is 10.6 Å². The predicted molar refractivity (Wildman–Crippen MR) is 116 cm³/mol. The molecule has 1 aromatic rings. The Hall–Kier alpha value is -1.27. The van der Waals surface area contributed by atoms with Gasteiger partial charge in [-0.15, -0.1) is 24.0 Å². The molecule has 1 unspecified atom stereocenters. The number of halogens is 4. The second-order valence-electron chi connectivity index (χ2n) is 6.45. The maximum atomic E-state index is 12.5. The Bertz CT molecular complexity index is 595. The van der Waals surface area contributed by atoms with Gasteiger partial charge in [-0.25, -0.2) is 0 Å². The maximum absolute atomic E-state index is 12.5. The molecule has 1 fully saturated rings. The molecule has 0 saturated carbocycles. The van der Waals surface area contributed by atoms with Crippen LogP contribution in [0.15, 0.2) is 29.3 Å². The van der Waals surface area contributed by atoms with Crippen LogP contribution in [0.25, 0.3) is 0 Å². The molecule has 166 valence electrons. The van der Waals surface area contributed by atoms with Crippen LogP contribution >= 0.6 is 24.0 Å². The van der Waals surface area contributed by atoms with E-state index >= 15 is 0 Å². The van der Waals surface area contributed by atoms with Gasteiger partial charge in [0.1, 0.15) is 12.4 Å². The minimum Gasteiger partial charge on any atom is -0.492 e. The topological polar surface area (TPSA) is 64.1 Å². The predicted octanol–water partition coefficient (Wildman–Crippen LogP) is 3.31. The van der Waals surface area contributed by atoms with Gasteiger partial charge in [0.05, 0.1) is 25.3 Å². The van der Waals surface area contributed by atoms with E-state index in [0.29, 0.717) is 37.4 Å². The van der Waals surface area contributed by atoms with Crippen molar-refractivity contribution in [1.29, 1.82) is 0 Å². The van der Waals surface area contributed by atoms with Gasteiger partial charge in [-0.1, -0.05) is 0 Å². The molecule has 6 nitrogen and oxygen atoms in total. The first-order valence-corrected chi connectivity index (χ1v) is 9.39. The van der Waals surface area contributed by atoms with E-state index in [4.69, 9.17) is 14.2 Å². The summed E-state index contributed by atoms with van der Waals surface area (Å²) in [6.07, 6.45) is -2.41. The summed E-state index contributed by atoms with van der Waals surface area (Å²) in [6.45, 7) is 4.55. The molecule has 0 aliphatic carbocycles. The normalized spacial score (nSPS) is 17.0. The van der Waals surface area contributed by atoms with Gasteiger partial charge in [0.2, 0.25) is 0 Å². The number of alkyl halides is 3. The van der Waals surface area contributed by atoms with Crippen molar-refractivity contribution < 1.29 is 27.4 Å². The smallest absolute Gasteiger partial charge is 0.416 e. The number of hydrogen-bond acceptors (Lipinski definition) is 4. The molecular formula is C19H29F3IN3O3. The highest BCUT2D eigenvalue weighted by atomic mass is 127. The van der Waals surface area contributed by atoms with Crippen molar-refractivity contribution in [3.05, 3.63) is 29.8 Å². The minimum absolute atomic E-state index is 0. The Morgan fingerprint density at radius 3 is 2.52 bits per heavy atom. The highest BCUT2D eigenvalue weighted by Gasteiger charge is 2.30. The van der Waals surface area contributed by atoms with Crippen LogP contribution in [0.3, 0.4) is 0 Å². The van der Waals surface area contributed by atoms with Crippen LogP contribution in [0.5, 0.6) is 5.75 Å². The molecule has 1 atom stereocenters. The summed E-state index contributed by atoms with van der Waals surface area (Å²) in [7, 11) is 1.67. The summed E-state index contributed by atoms with van der Waals surface area (Å²) >= 11 is 0. The molecule has 1 heterocycles. The third-order valence-electron chi connectivity index (χ3n) is 4.20. The number of nitrogens with zero attached hydrogens (tertiary/aromatic N) is 1. The molecule has 0 radical (unpaired) electrons. The van der Waals surface area contributed by atoms with Gasteiger partial charge in [0.25, 0.3) is 0 Å². The number of ether oxygens (including phenoxy) is 3. The third-order valence-corrected chi connectivity index (χ3v) is 4.20. The SMILES string of the molecule is CN=C(NCCCOCC1CCOC1)NCCOc1ccc(C(F)(F)F)cc1.I. The Kier molecular flexibility index (Phi) is 12.3. The average Bonchev–Trinajstić information content (AvgIpc) is 3.19. The van der Waals surface area contributed by atoms with Gasteiger partial charge >= 0.3 is 6.18 Å². The van der Waals surface area contributed by atoms with Crippen molar-refractivity contribution in [2.75, 3.05) is 53.2 Å². The Balaban J connectivity index is 0.00000420. The number of benzene rings is 1. The molecule has 2 N–H and O–H groups in total. The number of nitrogens with one attached hydrogen (secondary N) is 2. The molecule has 10 heteroatoms. The maximum Gasteiger partial charge on any atom is 0.416 e. The van der Waals surface area contributed by atoms with E-state index in [1.807, 2.05) is 0 Å². The van der Waals surface area contributed by atoms with Crippen LogP contribution in [-0.4, -0.2) is 59.1 Å². The zero-order valence-electron chi connectivity index (χ0n) is 16.5. The zero-order valence-corrected chi connectivity index (χ0v) is 18.8. The average molecular weight is 531 g/mol. The van der Waals surface area contributed by atoms with Crippen molar-refractivity contribution in [2.24, 2.45) is 10.9 Å². The molecule has 2 rings (SSSR count). The molecule has 0 amide bonds. The van der Waals surface area contributed by atoms with Crippen molar-refractivity contribution in [3.8, 4) is 5.75 Å². The lowest BCUT2D eigenvalue weighted by molar-refractivity contribution is -0.137. The van der Waals surface area contributed by atoms with Gasteiger partial charge in [0, 0.05) is 32.7 Å². The fraction of sp³-hybridized carbons (Fsp3) is 0.632. The van der Waals surface area contributed by atoms with E-state index in [0.717, 1.165) is 51.3 Å². The van der Waals surface area contributed by atoms with Crippen LogP contribution in [0.1, 0.15) is 18.4 Å². The fourth-order valence-electron chi connectivity index (χ4n) is 2.64. The standard InChI is InChI=1S/C19H28F3N3O3.HI/c1-23-18(24-8-2-10-26-13-15-7-11-27-14-15)25-9-12-28-17-5-3-16(4-6-17)19(20,21)22;/h3-6,15H,2,7-14H2,1H3,(H2,23,24,25);1H. The van der Waals surface area contributed by atoms with Crippen LogP contribution in [0, 0.1) is 5.92 Å². The molecule has 1 aliphatic rings. The second-order valence-corrected chi connectivity index (χ2v) is 6.45. The van der Waals surface area contributed by atoms with E-state index in [1.165, 1.54) is 12.1 Å².